The number of ketones is 1. The zero-order valence-electron chi connectivity index (χ0n) is 10.5. The Morgan fingerprint density at radius 1 is 1.24 bits per heavy atom. The lowest BCUT2D eigenvalue weighted by Gasteiger charge is -2.07. The van der Waals surface area contributed by atoms with Crippen LogP contribution >= 0.6 is 0 Å². The number of aromatic nitrogens is 2. The number of carbonyl (C=O) groups excluding carboxylic acids is 1. The van der Waals surface area contributed by atoms with Gasteiger partial charge in [-0.1, -0.05) is 6.92 Å². The lowest BCUT2D eigenvalue weighted by molar-refractivity contribution is -0.118. The van der Waals surface area contributed by atoms with Gasteiger partial charge in [-0.2, -0.15) is 0 Å². The number of aryl methyl sites for hydroxylation is 1. The van der Waals surface area contributed by atoms with Crippen LogP contribution in [0, 0.1) is 13.8 Å². The molecule has 94 valence electrons. The summed E-state index contributed by atoms with van der Waals surface area (Å²) in [6.45, 7) is 5.45. The van der Waals surface area contributed by atoms with E-state index in [-0.39, 0.29) is 16.9 Å². The summed E-state index contributed by atoms with van der Waals surface area (Å²) in [5, 5.41) is 2.51. The second-order valence-corrected chi connectivity index (χ2v) is 4.14. The summed E-state index contributed by atoms with van der Waals surface area (Å²) in [6, 6.07) is 0. The van der Waals surface area contributed by atoms with Crippen molar-refractivity contribution in [3.05, 3.63) is 31.8 Å². The molecular weight excluding hydrogens is 220 g/mol. The van der Waals surface area contributed by atoms with E-state index in [1.807, 2.05) is 6.92 Å². The van der Waals surface area contributed by atoms with Crippen LogP contribution in [-0.2, 0) is 11.3 Å². The molecule has 1 aromatic heterocycles. The van der Waals surface area contributed by atoms with E-state index in [4.69, 9.17) is 0 Å². The van der Waals surface area contributed by atoms with Crippen molar-refractivity contribution >= 4 is 5.78 Å². The van der Waals surface area contributed by atoms with Crippen molar-refractivity contribution in [2.45, 2.75) is 46.6 Å². The molecule has 0 aliphatic heterocycles. The first kappa shape index (κ1) is 13.4. The summed E-state index contributed by atoms with van der Waals surface area (Å²) in [4.78, 5) is 34.4. The van der Waals surface area contributed by atoms with E-state index >= 15 is 0 Å². The second kappa shape index (κ2) is 5.61. The number of Topliss-reactive ketones (excluding diaryl/α,β-unsaturated/α-hetero) is 1. The Kier molecular flexibility index (Phi) is 4.43. The van der Waals surface area contributed by atoms with Gasteiger partial charge in [-0.05, 0) is 20.3 Å². The van der Waals surface area contributed by atoms with Crippen molar-refractivity contribution in [2.75, 3.05) is 0 Å². The topological polar surface area (TPSA) is 71.9 Å². The summed E-state index contributed by atoms with van der Waals surface area (Å²) in [7, 11) is 0. The average Bonchev–Trinajstić information content (AvgIpc) is 2.32. The van der Waals surface area contributed by atoms with Crippen LogP contribution in [0.5, 0.6) is 0 Å². The third-order valence-corrected chi connectivity index (χ3v) is 2.94. The number of rotatable bonds is 5. The number of hydrogen-bond acceptors (Lipinski definition) is 3. The maximum absolute atomic E-state index is 11.8. The highest BCUT2D eigenvalue weighted by atomic mass is 16.2. The number of nitrogens with zero attached hydrogens (tertiary/aromatic N) is 1. The van der Waals surface area contributed by atoms with Crippen LogP contribution in [0.25, 0.3) is 0 Å². The number of aromatic amines is 1. The van der Waals surface area contributed by atoms with Crippen LogP contribution in [0.4, 0.5) is 0 Å². The molecule has 1 N–H and O–H groups in total. The summed E-state index contributed by atoms with van der Waals surface area (Å²) >= 11 is 0. The minimum absolute atomic E-state index is 0.171. The molecule has 0 atom stereocenters. The molecule has 5 nitrogen and oxygen atoms in total. The molecule has 0 saturated carbocycles. The molecule has 1 heterocycles. The van der Waals surface area contributed by atoms with Gasteiger partial charge in [0.1, 0.15) is 5.78 Å². The predicted molar refractivity (Wildman–Crippen MR) is 65.3 cm³/mol. The molecule has 5 heteroatoms. The van der Waals surface area contributed by atoms with Gasteiger partial charge in [0.15, 0.2) is 0 Å². The molecule has 0 aromatic carbocycles. The van der Waals surface area contributed by atoms with Gasteiger partial charge >= 0.3 is 0 Å². The minimum Gasteiger partial charge on any atom is -0.300 e. The molecular formula is C12H18N2O3. The van der Waals surface area contributed by atoms with Crippen LogP contribution < -0.4 is 11.1 Å². The van der Waals surface area contributed by atoms with Gasteiger partial charge in [0.2, 0.25) is 0 Å². The lowest BCUT2D eigenvalue weighted by atomic mass is 10.2. The first-order valence-corrected chi connectivity index (χ1v) is 5.79. The summed E-state index contributed by atoms with van der Waals surface area (Å²) in [5.41, 5.74) is 0.487. The van der Waals surface area contributed by atoms with E-state index < -0.39 is 0 Å². The van der Waals surface area contributed by atoms with Crippen molar-refractivity contribution in [1.82, 2.24) is 9.78 Å². The Labute approximate surface area is 99.5 Å². The van der Waals surface area contributed by atoms with E-state index in [0.717, 1.165) is 0 Å². The van der Waals surface area contributed by atoms with E-state index in [1.165, 1.54) is 4.68 Å². The van der Waals surface area contributed by atoms with Gasteiger partial charge in [-0.25, -0.2) is 0 Å². The standard InChI is InChI=1S/C12H18N2O3/c1-4-10(15)6-5-7-14-12(17)9(3)8(2)11(16)13-14/h4-7H2,1-3H3,(H,13,16). The van der Waals surface area contributed by atoms with Gasteiger partial charge in [0.05, 0.1) is 0 Å². The monoisotopic (exact) mass is 238 g/mol. The van der Waals surface area contributed by atoms with Crippen LogP contribution in [0.15, 0.2) is 9.59 Å². The summed E-state index contributed by atoms with van der Waals surface area (Å²) < 4.78 is 1.29. The fourth-order valence-electron chi connectivity index (χ4n) is 1.56. The Bertz CT molecular complexity index is 526. The summed E-state index contributed by atoms with van der Waals surface area (Å²) in [6.07, 6.45) is 1.53. The van der Waals surface area contributed by atoms with Crippen LogP contribution in [0.1, 0.15) is 37.3 Å². The molecule has 0 unspecified atom stereocenters. The zero-order valence-corrected chi connectivity index (χ0v) is 10.5. The average molecular weight is 238 g/mol. The van der Waals surface area contributed by atoms with Crippen molar-refractivity contribution < 1.29 is 4.79 Å². The van der Waals surface area contributed by atoms with E-state index in [1.54, 1.807) is 13.8 Å². The minimum atomic E-state index is -0.246. The molecule has 0 spiro atoms. The normalized spacial score (nSPS) is 10.5. The largest absolute Gasteiger partial charge is 0.300 e. The van der Waals surface area contributed by atoms with Gasteiger partial charge in [0, 0.05) is 30.5 Å². The molecule has 1 aromatic rings. The first-order valence-electron chi connectivity index (χ1n) is 5.79. The summed E-state index contributed by atoms with van der Waals surface area (Å²) in [5.74, 6) is 0.171. The maximum Gasteiger partial charge on any atom is 0.268 e. The maximum atomic E-state index is 11.8. The highest BCUT2D eigenvalue weighted by Gasteiger charge is 2.07. The fourth-order valence-corrected chi connectivity index (χ4v) is 1.56. The third kappa shape index (κ3) is 3.15. The quantitative estimate of drug-likeness (QED) is 0.828. The highest BCUT2D eigenvalue weighted by Crippen LogP contribution is 1.97. The zero-order chi connectivity index (χ0) is 13.0. The van der Waals surface area contributed by atoms with Crippen LogP contribution in [-0.4, -0.2) is 15.6 Å². The van der Waals surface area contributed by atoms with Gasteiger partial charge < -0.3 is 0 Å². The third-order valence-electron chi connectivity index (χ3n) is 2.94. The van der Waals surface area contributed by atoms with E-state index in [0.29, 0.717) is 36.9 Å². The molecule has 0 amide bonds. The van der Waals surface area contributed by atoms with Crippen molar-refractivity contribution in [3.63, 3.8) is 0 Å². The van der Waals surface area contributed by atoms with Crippen molar-refractivity contribution in [1.29, 1.82) is 0 Å². The lowest BCUT2D eigenvalue weighted by Crippen LogP contribution is -2.33. The Hall–Kier alpha value is -1.65. The second-order valence-electron chi connectivity index (χ2n) is 4.14. The number of hydrogen-bond donors (Lipinski definition) is 1. The molecule has 0 aliphatic rings. The fraction of sp³-hybridized carbons (Fsp3) is 0.583. The van der Waals surface area contributed by atoms with E-state index in [2.05, 4.69) is 5.10 Å². The predicted octanol–water partition coefficient (Wildman–Crippen LogP) is 0.913. The smallest absolute Gasteiger partial charge is 0.268 e. The van der Waals surface area contributed by atoms with Crippen LogP contribution in [0.3, 0.4) is 0 Å². The molecule has 17 heavy (non-hydrogen) atoms. The van der Waals surface area contributed by atoms with Gasteiger partial charge in [-0.3, -0.25) is 24.2 Å². The van der Waals surface area contributed by atoms with E-state index in [9.17, 15) is 14.4 Å². The molecule has 0 saturated heterocycles. The Morgan fingerprint density at radius 3 is 2.47 bits per heavy atom. The van der Waals surface area contributed by atoms with Crippen molar-refractivity contribution in [2.24, 2.45) is 0 Å². The Morgan fingerprint density at radius 2 is 1.88 bits per heavy atom. The highest BCUT2D eigenvalue weighted by molar-refractivity contribution is 5.77. The van der Waals surface area contributed by atoms with Gasteiger partial charge in [-0.15, -0.1) is 0 Å². The SMILES string of the molecule is CCC(=O)CCCn1[nH]c(=O)c(C)c(C)c1=O. The molecule has 0 bridgehead atoms. The van der Waals surface area contributed by atoms with Gasteiger partial charge in [0.25, 0.3) is 11.1 Å². The Balaban J connectivity index is 2.83. The first-order chi connectivity index (χ1) is 7.97. The van der Waals surface area contributed by atoms with Crippen molar-refractivity contribution in [3.8, 4) is 0 Å². The number of carbonyl (C=O) groups is 1. The molecule has 1 rings (SSSR count). The molecule has 0 aliphatic carbocycles. The molecule has 0 radical (unpaired) electrons. The number of H-pyrrole nitrogens is 1. The number of nitrogens with one attached hydrogen (secondary N) is 1. The molecule has 0 fully saturated rings. The van der Waals surface area contributed by atoms with Crippen LogP contribution in [0.2, 0.25) is 0 Å².